The first-order valence-electron chi connectivity index (χ1n) is 6.85. The van der Waals surface area contributed by atoms with Gasteiger partial charge in [-0.2, -0.15) is 0 Å². The zero-order valence-electron chi connectivity index (χ0n) is 11.9. The van der Waals surface area contributed by atoms with Crippen LogP contribution >= 0.6 is 0 Å². The summed E-state index contributed by atoms with van der Waals surface area (Å²) in [6, 6.07) is 8.52. The highest BCUT2D eigenvalue weighted by Crippen LogP contribution is 2.40. The molecule has 0 saturated carbocycles. The highest BCUT2D eigenvalue weighted by Gasteiger charge is 2.28. The molecule has 1 amide bonds. The number of hydrogen-bond donors (Lipinski definition) is 2. The van der Waals surface area contributed by atoms with Gasteiger partial charge in [0.2, 0.25) is 5.91 Å². The van der Waals surface area contributed by atoms with Crippen LogP contribution in [-0.2, 0) is 4.79 Å². The van der Waals surface area contributed by atoms with Crippen LogP contribution in [0, 0.1) is 19.7 Å². The molecule has 1 heterocycles. The third-order valence-electron chi connectivity index (χ3n) is 4.07. The van der Waals surface area contributed by atoms with Crippen molar-refractivity contribution < 1.29 is 14.3 Å². The lowest BCUT2D eigenvalue weighted by Crippen LogP contribution is -2.24. The highest BCUT2D eigenvalue weighted by atomic mass is 19.1. The minimum absolute atomic E-state index is 0.0986. The van der Waals surface area contributed by atoms with Gasteiger partial charge >= 0.3 is 0 Å². The zero-order chi connectivity index (χ0) is 15.1. The van der Waals surface area contributed by atoms with E-state index in [0.29, 0.717) is 16.8 Å². The molecule has 0 saturated heterocycles. The van der Waals surface area contributed by atoms with Gasteiger partial charge in [-0.15, -0.1) is 0 Å². The normalized spacial score (nSPS) is 17.3. The van der Waals surface area contributed by atoms with Crippen molar-refractivity contribution >= 4 is 11.6 Å². The molecule has 21 heavy (non-hydrogen) atoms. The molecule has 0 aromatic heterocycles. The van der Waals surface area contributed by atoms with Crippen LogP contribution < -0.4 is 5.32 Å². The van der Waals surface area contributed by atoms with Crippen LogP contribution in [-0.4, -0.2) is 11.0 Å². The van der Waals surface area contributed by atoms with E-state index in [4.69, 9.17) is 0 Å². The molecular weight excluding hydrogens is 269 g/mol. The second-order valence-corrected chi connectivity index (χ2v) is 5.49. The largest absolute Gasteiger partial charge is 0.508 e. The summed E-state index contributed by atoms with van der Waals surface area (Å²) in [6.07, 6.45) is 0.279. The molecule has 1 atom stereocenters. The second kappa shape index (κ2) is 4.88. The van der Waals surface area contributed by atoms with Crippen molar-refractivity contribution in [2.24, 2.45) is 0 Å². The third-order valence-corrected chi connectivity index (χ3v) is 4.07. The fourth-order valence-electron chi connectivity index (χ4n) is 2.94. The Kier molecular flexibility index (Phi) is 3.16. The topological polar surface area (TPSA) is 49.3 Å². The fraction of sp³-hybridized carbons (Fsp3) is 0.235. The van der Waals surface area contributed by atoms with E-state index in [0.717, 1.165) is 11.1 Å². The van der Waals surface area contributed by atoms with Crippen molar-refractivity contribution in [2.45, 2.75) is 26.2 Å². The lowest BCUT2D eigenvalue weighted by molar-refractivity contribution is -0.116. The number of fused-ring (bicyclic) bond motifs is 1. The van der Waals surface area contributed by atoms with Gasteiger partial charge in [0, 0.05) is 24.1 Å². The molecular formula is C17H16FNO2. The number of anilines is 1. The number of halogens is 1. The minimum atomic E-state index is -0.223. The Hall–Kier alpha value is -2.36. The minimum Gasteiger partial charge on any atom is -0.508 e. The molecule has 3 rings (SSSR count). The number of aromatic hydroxyl groups is 1. The van der Waals surface area contributed by atoms with E-state index < -0.39 is 0 Å². The Morgan fingerprint density at radius 3 is 2.67 bits per heavy atom. The molecule has 2 N–H and O–H groups in total. The molecule has 0 radical (unpaired) electrons. The SMILES string of the molecule is Cc1ccc(C2CC(=O)Nc3cc(O)ccc32)c(C)c1F. The van der Waals surface area contributed by atoms with Gasteiger partial charge in [0.25, 0.3) is 0 Å². The summed E-state index contributed by atoms with van der Waals surface area (Å²) in [7, 11) is 0. The molecule has 2 aromatic carbocycles. The number of carbonyl (C=O) groups is 1. The van der Waals surface area contributed by atoms with Crippen molar-refractivity contribution in [2.75, 3.05) is 5.32 Å². The number of amides is 1. The van der Waals surface area contributed by atoms with E-state index in [1.165, 1.54) is 6.07 Å². The van der Waals surface area contributed by atoms with Gasteiger partial charge in [-0.3, -0.25) is 4.79 Å². The monoisotopic (exact) mass is 285 g/mol. The van der Waals surface area contributed by atoms with E-state index in [2.05, 4.69) is 5.32 Å². The summed E-state index contributed by atoms with van der Waals surface area (Å²) >= 11 is 0. The van der Waals surface area contributed by atoms with Crippen LogP contribution in [0.4, 0.5) is 10.1 Å². The quantitative estimate of drug-likeness (QED) is 0.840. The van der Waals surface area contributed by atoms with E-state index >= 15 is 0 Å². The Labute approximate surface area is 122 Å². The molecule has 108 valence electrons. The molecule has 4 heteroatoms. The summed E-state index contributed by atoms with van der Waals surface area (Å²) in [6.45, 7) is 3.47. The molecule has 2 aromatic rings. The summed E-state index contributed by atoms with van der Waals surface area (Å²) < 4.78 is 14.1. The van der Waals surface area contributed by atoms with Crippen molar-refractivity contribution in [1.82, 2.24) is 0 Å². The number of rotatable bonds is 1. The number of hydrogen-bond acceptors (Lipinski definition) is 2. The molecule has 1 unspecified atom stereocenters. The highest BCUT2D eigenvalue weighted by molar-refractivity contribution is 5.95. The predicted octanol–water partition coefficient (Wildman–Crippen LogP) is 3.62. The molecule has 1 aliphatic rings. The van der Waals surface area contributed by atoms with E-state index in [1.54, 1.807) is 32.0 Å². The Morgan fingerprint density at radius 2 is 1.90 bits per heavy atom. The van der Waals surface area contributed by atoms with Gasteiger partial charge in [-0.1, -0.05) is 18.2 Å². The van der Waals surface area contributed by atoms with Crippen LogP contribution in [0.3, 0.4) is 0 Å². The van der Waals surface area contributed by atoms with Crippen LogP contribution in [0.1, 0.15) is 34.6 Å². The number of carbonyl (C=O) groups excluding carboxylic acids is 1. The molecule has 0 fully saturated rings. The maximum atomic E-state index is 14.1. The average molecular weight is 285 g/mol. The Balaban J connectivity index is 2.16. The van der Waals surface area contributed by atoms with Crippen molar-refractivity contribution in [3.63, 3.8) is 0 Å². The number of nitrogens with one attached hydrogen (secondary N) is 1. The summed E-state index contributed by atoms with van der Waals surface area (Å²) in [4.78, 5) is 11.9. The van der Waals surface area contributed by atoms with Crippen LogP contribution in [0.15, 0.2) is 30.3 Å². The van der Waals surface area contributed by atoms with Gasteiger partial charge in [0.05, 0.1) is 0 Å². The summed E-state index contributed by atoms with van der Waals surface area (Å²) in [5.41, 5.74) is 3.49. The molecule has 1 aliphatic heterocycles. The van der Waals surface area contributed by atoms with Crippen molar-refractivity contribution in [3.8, 4) is 5.75 Å². The predicted molar refractivity (Wildman–Crippen MR) is 79.1 cm³/mol. The van der Waals surface area contributed by atoms with E-state index in [-0.39, 0.29) is 29.8 Å². The standard InChI is InChI=1S/C17H16FNO2/c1-9-3-5-12(10(2)17(9)18)14-8-16(21)19-15-7-11(20)4-6-13(14)15/h3-7,14,20H,8H2,1-2H3,(H,19,21). The van der Waals surface area contributed by atoms with E-state index in [1.807, 2.05) is 6.07 Å². The summed E-state index contributed by atoms with van der Waals surface area (Å²) in [5, 5.41) is 12.3. The second-order valence-electron chi connectivity index (χ2n) is 5.49. The van der Waals surface area contributed by atoms with Crippen molar-refractivity contribution in [3.05, 3.63) is 58.4 Å². The zero-order valence-corrected chi connectivity index (χ0v) is 11.9. The molecule has 3 nitrogen and oxygen atoms in total. The van der Waals surface area contributed by atoms with Crippen molar-refractivity contribution in [1.29, 1.82) is 0 Å². The van der Waals surface area contributed by atoms with E-state index in [9.17, 15) is 14.3 Å². The third kappa shape index (κ3) is 2.27. The molecule has 0 bridgehead atoms. The van der Waals surface area contributed by atoms with Gasteiger partial charge < -0.3 is 10.4 Å². The number of phenols is 1. The molecule has 0 aliphatic carbocycles. The van der Waals surface area contributed by atoms with Gasteiger partial charge in [-0.05, 0) is 42.2 Å². The van der Waals surface area contributed by atoms with Crippen LogP contribution in [0.25, 0.3) is 0 Å². The maximum Gasteiger partial charge on any atom is 0.225 e. The summed E-state index contributed by atoms with van der Waals surface area (Å²) in [5.74, 6) is -0.441. The maximum absolute atomic E-state index is 14.1. The lowest BCUT2D eigenvalue weighted by atomic mass is 9.82. The Morgan fingerprint density at radius 1 is 1.19 bits per heavy atom. The Bertz CT molecular complexity index is 740. The first-order valence-corrected chi connectivity index (χ1v) is 6.85. The van der Waals surface area contributed by atoms with Crippen LogP contribution in [0.5, 0.6) is 5.75 Å². The fourth-order valence-corrected chi connectivity index (χ4v) is 2.94. The van der Waals surface area contributed by atoms with Gasteiger partial charge in [0.15, 0.2) is 0 Å². The first kappa shape index (κ1) is 13.6. The van der Waals surface area contributed by atoms with Gasteiger partial charge in [-0.25, -0.2) is 4.39 Å². The number of phenolic OH excluding ortho intramolecular Hbond substituents is 1. The van der Waals surface area contributed by atoms with Crippen LogP contribution in [0.2, 0.25) is 0 Å². The first-order chi connectivity index (χ1) is 9.97. The molecule has 0 spiro atoms. The lowest BCUT2D eigenvalue weighted by Gasteiger charge is -2.27. The number of benzene rings is 2. The average Bonchev–Trinajstić information content (AvgIpc) is 2.44. The van der Waals surface area contributed by atoms with Gasteiger partial charge in [0.1, 0.15) is 11.6 Å². The smallest absolute Gasteiger partial charge is 0.225 e. The number of aryl methyl sites for hydroxylation is 1.